The molecule has 1 amide bonds. The smallest absolute Gasteiger partial charge is 0.226 e. The molecule has 1 heterocycles. The van der Waals surface area contributed by atoms with Crippen molar-refractivity contribution in [1.82, 2.24) is 5.32 Å². The average molecular weight is 281 g/mol. The van der Waals surface area contributed by atoms with E-state index in [1.807, 2.05) is 13.8 Å². The Labute approximate surface area is 117 Å². The van der Waals surface area contributed by atoms with E-state index in [4.69, 9.17) is 9.84 Å². The summed E-state index contributed by atoms with van der Waals surface area (Å²) in [6, 6.07) is 4.35. The first kappa shape index (κ1) is 14.8. The molecule has 0 aromatic heterocycles. The van der Waals surface area contributed by atoms with Crippen molar-refractivity contribution in [3.63, 3.8) is 0 Å². The topological polar surface area (TPSA) is 58.6 Å². The molecule has 0 fully saturated rings. The number of carbonyl (C=O) groups is 1. The molecule has 1 aromatic rings. The molecule has 5 heteroatoms. The second kappa shape index (κ2) is 5.79. The molecule has 0 radical (unpaired) electrons. The van der Waals surface area contributed by atoms with Crippen molar-refractivity contribution in [2.75, 3.05) is 19.8 Å². The van der Waals surface area contributed by atoms with E-state index in [1.165, 1.54) is 12.1 Å². The number of aliphatic hydroxyl groups is 1. The molecular formula is C15H20FNO3. The largest absolute Gasteiger partial charge is 0.492 e. The summed E-state index contributed by atoms with van der Waals surface area (Å²) in [6.45, 7) is 4.44. The summed E-state index contributed by atoms with van der Waals surface area (Å²) < 4.78 is 18.7. The van der Waals surface area contributed by atoms with Gasteiger partial charge in [-0.15, -0.1) is 0 Å². The van der Waals surface area contributed by atoms with Crippen LogP contribution in [0.15, 0.2) is 18.2 Å². The van der Waals surface area contributed by atoms with Crippen LogP contribution in [-0.4, -0.2) is 30.8 Å². The van der Waals surface area contributed by atoms with Crippen molar-refractivity contribution >= 4 is 5.91 Å². The van der Waals surface area contributed by atoms with Gasteiger partial charge in [0.15, 0.2) is 0 Å². The van der Waals surface area contributed by atoms with E-state index in [-0.39, 0.29) is 29.7 Å². The Hall–Kier alpha value is -1.62. The van der Waals surface area contributed by atoms with Crippen molar-refractivity contribution in [2.24, 2.45) is 11.3 Å². The molecule has 0 spiro atoms. The summed E-state index contributed by atoms with van der Waals surface area (Å²) in [4.78, 5) is 12.1. The second-order valence-electron chi connectivity index (χ2n) is 6.00. The first-order valence-electron chi connectivity index (χ1n) is 6.71. The van der Waals surface area contributed by atoms with Crippen LogP contribution in [0.1, 0.15) is 19.4 Å². The maximum Gasteiger partial charge on any atom is 0.226 e. The zero-order valence-electron chi connectivity index (χ0n) is 11.8. The number of amides is 1. The lowest BCUT2D eigenvalue weighted by Gasteiger charge is -2.27. The molecule has 1 unspecified atom stereocenters. The van der Waals surface area contributed by atoms with Crippen LogP contribution in [0.5, 0.6) is 5.75 Å². The minimum absolute atomic E-state index is 0.00247. The van der Waals surface area contributed by atoms with Crippen LogP contribution in [0.3, 0.4) is 0 Å². The van der Waals surface area contributed by atoms with E-state index < -0.39 is 0 Å². The van der Waals surface area contributed by atoms with E-state index in [1.54, 1.807) is 6.07 Å². The van der Waals surface area contributed by atoms with Crippen LogP contribution in [0.25, 0.3) is 0 Å². The summed E-state index contributed by atoms with van der Waals surface area (Å²) in [5, 5.41) is 12.0. The number of rotatable bonds is 4. The Morgan fingerprint density at radius 3 is 3.00 bits per heavy atom. The quantitative estimate of drug-likeness (QED) is 0.879. The first-order valence-corrected chi connectivity index (χ1v) is 6.71. The molecule has 2 rings (SSSR count). The lowest BCUT2D eigenvalue weighted by molar-refractivity contribution is -0.126. The van der Waals surface area contributed by atoms with Crippen LogP contribution < -0.4 is 10.1 Å². The minimum Gasteiger partial charge on any atom is -0.492 e. The predicted octanol–water partition coefficient (Wildman–Crippen LogP) is 1.51. The van der Waals surface area contributed by atoms with Crippen LogP contribution in [0, 0.1) is 17.2 Å². The fraction of sp³-hybridized carbons (Fsp3) is 0.533. The first-order chi connectivity index (χ1) is 9.41. The van der Waals surface area contributed by atoms with Crippen molar-refractivity contribution in [3.05, 3.63) is 29.6 Å². The van der Waals surface area contributed by atoms with Crippen molar-refractivity contribution in [1.29, 1.82) is 0 Å². The maximum absolute atomic E-state index is 13.2. The fourth-order valence-electron chi connectivity index (χ4n) is 2.06. The highest BCUT2D eigenvalue weighted by molar-refractivity contribution is 5.79. The highest BCUT2D eigenvalue weighted by Crippen LogP contribution is 2.28. The number of halogens is 1. The maximum atomic E-state index is 13.2. The van der Waals surface area contributed by atoms with Crippen molar-refractivity contribution in [2.45, 2.75) is 20.3 Å². The van der Waals surface area contributed by atoms with Gasteiger partial charge in [-0.1, -0.05) is 13.8 Å². The number of benzene rings is 1. The monoisotopic (exact) mass is 281 g/mol. The summed E-state index contributed by atoms with van der Waals surface area (Å²) in [5.74, 6) is -0.124. The fourth-order valence-corrected chi connectivity index (χ4v) is 2.06. The van der Waals surface area contributed by atoms with E-state index in [2.05, 4.69) is 5.32 Å². The van der Waals surface area contributed by atoms with E-state index >= 15 is 0 Å². The lowest BCUT2D eigenvalue weighted by Crippen LogP contribution is -2.42. The van der Waals surface area contributed by atoms with Gasteiger partial charge in [0.05, 0.1) is 5.92 Å². The Balaban J connectivity index is 1.96. The number of hydrogen-bond donors (Lipinski definition) is 2. The van der Waals surface area contributed by atoms with E-state index in [0.29, 0.717) is 25.3 Å². The molecule has 110 valence electrons. The number of fused-ring (bicyclic) bond motifs is 1. The zero-order valence-corrected chi connectivity index (χ0v) is 11.8. The lowest BCUT2D eigenvalue weighted by atomic mass is 9.93. The van der Waals surface area contributed by atoms with E-state index in [0.717, 1.165) is 5.56 Å². The van der Waals surface area contributed by atoms with Gasteiger partial charge in [-0.25, -0.2) is 4.39 Å². The van der Waals surface area contributed by atoms with Gasteiger partial charge in [0.25, 0.3) is 0 Å². The highest BCUT2D eigenvalue weighted by atomic mass is 19.1. The van der Waals surface area contributed by atoms with Gasteiger partial charge in [-0.05, 0) is 30.2 Å². The zero-order chi connectivity index (χ0) is 14.8. The molecule has 1 aromatic carbocycles. The third-order valence-corrected chi connectivity index (χ3v) is 3.47. The molecule has 2 N–H and O–H groups in total. The molecule has 0 saturated heterocycles. The van der Waals surface area contributed by atoms with Gasteiger partial charge in [0.2, 0.25) is 5.91 Å². The average Bonchev–Trinajstić information content (AvgIpc) is 2.44. The molecule has 1 atom stereocenters. The van der Waals surface area contributed by atoms with Gasteiger partial charge in [-0.2, -0.15) is 0 Å². The van der Waals surface area contributed by atoms with Crippen LogP contribution >= 0.6 is 0 Å². The Morgan fingerprint density at radius 2 is 2.30 bits per heavy atom. The molecule has 20 heavy (non-hydrogen) atoms. The van der Waals surface area contributed by atoms with Crippen molar-refractivity contribution in [3.8, 4) is 5.75 Å². The number of hydrogen-bond acceptors (Lipinski definition) is 3. The molecule has 1 aliphatic rings. The normalized spacial score (nSPS) is 18.1. The Bertz CT molecular complexity index is 502. The molecule has 0 bridgehead atoms. The van der Waals surface area contributed by atoms with Crippen molar-refractivity contribution < 1.29 is 19.0 Å². The predicted molar refractivity (Wildman–Crippen MR) is 73.0 cm³/mol. The van der Waals surface area contributed by atoms with Gasteiger partial charge in [0, 0.05) is 18.6 Å². The second-order valence-corrected chi connectivity index (χ2v) is 6.00. The minimum atomic E-state index is -0.352. The number of ether oxygens (including phenoxy) is 1. The van der Waals surface area contributed by atoms with Gasteiger partial charge in [0.1, 0.15) is 18.2 Å². The summed E-state index contributed by atoms with van der Waals surface area (Å²) in [5.41, 5.74) is 0.368. The van der Waals surface area contributed by atoms with Crippen LogP contribution in [-0.2, 0) is 11.2 Å². The number of carbonyl (C=O) groups excluding carboxylic acids is 1. The third-order valence-electron chi connectivity index (χ3n) is 3.47. The van der Waals surface area contributed by atoms with Gasteiger partial charge < -0.3 is 15.2 Å². The SMILES string of the molecule is CC(C)(CO)CNC(=O)C1COc2ccc(F)cc2C1. The number of aliphatic hydroxyl groups excluding tert-OH is 1. The summed E-state index contributed by atoms with van der Waals surface area (Å²) >= 11 is 0. The Morgan fingerprint density at radius 1 is 1.55 bits per heavy atom. The molecule has 0 aliphatic carbocycles. The highest BCUT2D eigenvalue weighted by Gasteiger charge is 2.27. The summed E-state index contributed by atoms with van der Waals surface area (Å²) in [7, 11) is 0. The molecule has 1 aliphatic heterocycles. The molecule has 4 nitrogen and oxygen atoms in total. The van der Waals surface area contributed by atoms with Crippen LogP contribution in [0.2, 0.25) is 0 Å². The van der Waals surface area contributed by atoms with Gasteiger partial charge in [-0.3, -0.25) is 4.79 Å². The van der Waals surface area contributed by atoms with E-state index in [9.17, 15) is 9.18 Å². The van der Waals surface area contributed by atoms with Gasteiger partial charge >= 0.3 is 0 Å². The Kier molecular flexibility index (Phi) is 4.28. The summed E-state index contributed by atoms with van der Waals surface area (Å²) in [6.07, 6.45) is 0.471. The molecular weight excluding hydrogens is 261 g/mol. The number of nitrogens with one attached hydrogen (secondary N) is 1. The molecule has 0 saturated carbocycles. The standard InChI is InChI=1S/C15H20FNO3/c1-15(2,9-18)8-17-14(19)11-5-10-6-12(16)3-4-13(10)20-7-11/h3-4,6,11,18H,5,7-9H2,1-2H3,(H,17,19). The third kappa shape index (κ3) is 3.48. The van der Waals surface area contributed by atoms with Crippen LogP contribution in [0.4, 0.5) is 4.39 Å².